The number of hydrogen-bond donors (Lipinski definition) is 1. The number of aromatic nitrogens is 7. The largest absolute Gasteiger partial charge is 0.347 e. The molecule has 0 amide bonds. The van der Waals surface area contributed by atoms with Gasteiger partial charge in [-0.05, 0) is 23.9 Å². The lowest BCUT2D eigenvalue weighted by atomic mass is 10.2. The summed E-state index contributed by atoms with van der Waals surface area (Å²) in [4.78, 5) is 23.8. The van der Waals surface area contributed by atoms with Crippen molar-refractivity contribution in [1.82, 2.24) is 35.1 Å². The lowest BCUT2D eigenvalue weighted by Gasteiger charge is -2.13. The third-order valence-corrected chi connectivity index (χ3v) is 3.87. The van der Waals surface area contributed by atoms with Crippen LogP contribution in [0.2, 0.25) is 0 Å². The molecule has 0 aromatic carbocycles. The van der Waals surface area contributed by atoms with E-state index in [4.69, 9.17) is 0 Å². The van der Waals surface area contributed by atoms with Crippen LogP contribution in [0.25, 0.3) is 11.4 Å². The second-order valence-electron chi connectivity index (χ2n) is 5.63. The lowest BCUT2D eigenvalue weighted by molar-refractivity contribution is 0.715. The summed E-state index contributed by atoms with van der Waals surface area (Å²) in [5, 5.41) is 8.30. The van der Waals surface area contributed by atoms with E-state index in [0.717, 1.165) is 11.4 Å². The fourth-order valence-electron chi connectivity index (χ4n) is 1.88. The zero-order valence-corrected chi connectivity index (χ0v) is 14.7. The predicted octanol–water partition coefficient (Wildman–Crippen LogP) is 2.39. The average molecular weight is 342 g/mol. The van der Waals surface area contributed by atoms with Crippen LogP contribution in [0.4, 0.5) is 5.95 Å². The summed E-state index contributed by atoms with van der Waals surface area (Å²) >= 11 is 1.31. The SMILES string of the molecule is CC(C)c1nc(Sc2n[nH]c(-c3ccncc3)n2)nc(N(C)C)n1. The summed E-state index contributed by atoms with van der Waals surface area (Å²) in [6, 6.07) is 3.75. The Bertz CT molecular complexity index is 789. The fourth-order valence-corrected chi connectivity index (χ4v) is 2.54. The average Bonchev–Trinajstić information content (AvgIpc) is 3.03. The van der Waals surface area contributed by atoms with Crippen molar-refractivity contribution in [2.24, 2.45) is 0 Å². The molecule has 0 unspecified atom stereocenters. The van der Waals surface area contributed by atoms with Crippen molar-refractivity contribution in [1.29, 1.82) is 0 Å². The number of anilines is 1. The summed E-state index contributed by atoms with van der Waals surface area (Å²) in [6.45, 7) is 4.11. The Kier molecular flexibility index (Phi) is 4.70. The normalized spacial score (nSPS) is 11.0. The Balaban J connectivity index is 1.87. The molecule has 3 aromatic rings. The molecule has 3 rings (SSSR count). The minimum Gasteiger partial charge on any atom is -0.347 e. The Labute approximate surface area is 144 Å². The van der Waals surface area contributed by atoms with Gasteiger partial charge in [-0.1, -0.05) is 13.8 Å². The van der Waals surface area contributed by atoms with Crippen molar-refractivity contribution in [3.05, 3.63) is 30.4 Å². The van der Waals surface area contributed by atoms with Crippen LogP contribution in [-0.2, 0) is 0 Å². The predicted molar refractivity (Wildman–Crippen MR) is 92.0 cm³/mol. The zero-order chi connectivity index (χ0) is 17.1. The summed E-state index contributed by atoms with van der Waals surface area (Å²) in [6.07, 6.45) is 3.43. The summed E-state index contributed by atoms with van der Waals surface area (Å²) < 4.78 is 0. The highest BCUT2D eigenvalue weighted by Gasteiger charge is 2.14. The number of nitrogens with one attached hydrogen (secondary N) is 1. The van der Waals surface area contributed by atoms with Crippen molar-refractivity contribution in [2.75, 3.05) is 19.0 Å². The van der Waals surface area contributed by atoms with Gasteiger partial charge in [0.15, 0.2) is 5.82 Å². The molecule has 0 fully saturated rings. The summed E-state index contributed by atoms with van der Waals surface area (Å²) in [7, 11) is 3.81. The first-order valence-electron chi connectivity index (χ1n) is 7.47. The molecular formula is C15H18N8S. The van der Waals surface area contributed by atoms with E-state index in [1.165, 1.54) is 11.8 Å². The number of nitrogens with zero attached hydrogens (tertiary/aromatic N) is 7. The Morgan fingerprint density at radius 3 is 2.42 bits per heavy atom. The van der Waals surface area contributed by atoms with Gasteiger partial charge < -0.3 is 4.90 Å². The van der Waals surface area contributed by atoms with Crippen LogP contribution < -0.4 is 4.90 Å². The van der Waals surface area contributed by atoms with Crippen LogP contribution in [0, 0.1) is 0 Å². The monoisotopic (exact) mass is 342 g/mol. The van der Waals surface area contributed by atoms with E-state index in [9.17, 15) is 0 Å². The van der Waals surface area contributed by atoms with E-state index in [0.29, 0.717) is 22.1 Å². The molecule has 0 saturated carbocycles. The van der Waals surface area contributed by atoms with Crippen LogP contribution in [-0.4, -0.2) is 49.2 Å². The van der Waals surface area contributed by atoms with Crippen molar-refractivity contribution < 1.29 is 0 Å². The molecular weight excluding hydrogens is 324 g/mol. The first kappa shape index (κ1) is 16.3. The number of aromatic amines is 1. The van der Waals surface area contributed by atoms with E-state index >= 15 is 0 Å². The first-order chi connectivity index (χ1) is 11.5. The molecule has 0 spiro atoms. The number of hydrogen-bond acceptors (Lipinski definition) is 8. The third-order valence-electron chi connectivity index (χ3n) is 3.14. The summed E-state index contributed by atoms with van der Waals surface area (Å²) in [5.74, 6) is 2.28. The molecule has 3 aromatic heterocycles. The molecule has 8 nitrogen and oxygen atoms in total. The van der Waals surface area contributed by atoms with Crippen LogP contribution in [0.1, 0.15) is 25.6 Å². The van der Waals surface area contributed by atoms with Crippen molar-refractivity contribution >= 4 is 17.7 Å². The Morgan fingerprint density at radius 1 is 1.00 bits per heavy atom. The zero-order valence-electron chi connectivity index (χ0n) is 13.9. The van der Waals surface area contributed by atoms with Gasteiger partial charge in [-0.15, -0.1) is 5.10 Å². The number of pyridine rings is 1. The van der Waals surface area contributed by atoms with Crippen molar-refractivity contribution in [3.63, 3.8) is 0 Å². The first-order valence-corrected chi connectivity index (χ1v) is 8.28. The Morgan fingerprint density at radius 2 is 1.75 bits per heavy atom. The quantitative estimate of drug-likeness (QED) is 0.755. The van der Waals surface area contributed by atoms with E-state index < -0.39 is 0 Å². The minimum absolute atomic E-state index is 0.213. The second kappa shape index (κ2) is 6.91. The van der Waals surface area contributed by atoms with Gasteiger partial charge in [-0.3, -0.25) is 10.1 Å². The molecule has 0 atom stereocenters. The van der Waals surface area contributed by atoms with Gasteiger partial charge in [0.25, 0.3) is 0 Å². The van der Waals surface area contributed by atoms with E-state index in [-0.39, 0.29) is 5.92 Å². The maximum absolute atomic E-state index is 4.50. The second-order valence-corrected chi connectivity index (χ2v) is 6.56. The van der Waals surface area contributed by atoms with Crippen LogP contribution in [0.5, 0.6) is 0 Å². The lowest BCUT2D eigenvalue weighted by Crippen LogP contribution is -2.15. The molecule has 1 N–H and O–H groups in total. The standard InChI is InChI=1S/C15H18N8S/c1-9(2)11-17-13(23(3)4)20-14(18-11)24-15-19-12(21-22-15)10-5-7-16-8-6-10/h5-9H,1-4H3,(H,19,21,22). The van der Waals surface area contributed by atoms with Gasteiger partial charge in [0, 0.05) is 38.0 Å². The minimum atomic E-state index is 0.213. The molecule has 9 heteroatoms. The maximum atomic E-state index is 4.50. The van der Waals surface area contributed by atoms with Crippen LogP contribution in [0.3, 0.4) is 0 Å². The van der Waals surface area contributed by atoms with Gasteiger partial charge >= 0.3 is 0 Å². The molecule has 0 aliphatic rings. The smallest absolute Gasteiger partial charge is 0.229 e. The van der Waals surface area contributed by atoms with Gasteiger partial charge in [-0.25, -0.2) is 9.97 Å². The number of H-pyrrole nitrogens is 1. The molecule has 0 aliphatic heterocycles. The molecule has 0 radical (unpaired) electrons. The molecule has 24 heavy (non-hydrogen) atoms. The van der Waals surface area contributed by atoms with Gasteiger partial charge in [0.2, 0.25) is 16.3 Å². The van der Waals surface area contributed by atoms with Crippen LogP contribution in [0.15, 0.2) is 34.8 Å². The van der Waals surface area contributed by atoms with Gasteiger partial charge in [-0.2, -0.15) is 9.97 Å². The van der Waals surface area contributed by atoms with Crippen molar-refractivity contribution in [3.8, 4) is 11.4 Å². The molecule has 3 heterocycles. The molecule has 0 aliphatic carbocycles. The molecule has 0 saturated heterocycles. The maximum Gasteiger partial charge on any atom is 0.229 e. The highest BCUT2D eigenvalue weighted by atomic mass is 32.2. The molecule has 0 bridgehead atoms. The van der Waals surface area contributed by atoms with Gasteiger partial charge in [0.1, 0.15) is 5.82 Å². The Hall–Kier alpha value is -2.55. The van der Waals surface area contributed by atoms with E-state index in [1.54, 1.807) is 12.4 Å². The van der Waals surface area contributed by atoms with Gasteiger partial charge in [0.05, 0.1) is 0 Å². The highest BCUT2D eigenvalue weighted by Crippen LogP contribution is 2.25. The molecule has 124 valence electrons. The van der Waals surface area contributed by atoms with Crippen molar-refractivity contribution in [2.45, 2.75) is 30.1 Å². The van der Waals surface area contributed by atoms with Crippen LogP contribution >= 0.6 is 11.8 Å². The highest BCUT2D eigenvalue weighted by molar-refractivity contribution is 7.99. The fraction of sp³-hybridized carbons (Fsp3) is 0.333. The number of rotatable bonds is 5. The third kappa shape index (κ3) is 3.67. The van der Waals surface area contributed by atoms with E-state index in [1.807, 2.05) is 31.1 Å². The topological polar surface area (TPSA) is 96.4 Å². The van der Waals surface area contributed by atoms with E-state index in [2.05, 4.69) is 49.0 Å². The summed E-state index contributed by atoms with van der Waals surface area (Å²) in [5.41, 5.74) is 0.928.